The molecule has 0 bridgehead atoms. The van der Waals surface area contributed by atoms with Crippen LogP contribution in [0.5, 0.6) is 0 Å². The minimum atomic E-state index is -0.595. The average molecular weight is 344 g/mol. The van der Waals surface area contributed by atoms with Gasteiger partial charge in [0.2, 0.25) is 5.91 Å². The van der Waals surface area contributed by atoms with Gasteiger partial charge in [0, 0.05) is 17.8 Å². The SMILES string of the molecule is Cc1cc(F)ccc1NC(=O)C1CCCN1C(=O)c1ccc(F)cc1. The normalized spacial score (nSPS) is 16.8. The van der Waals surface area contributed by atoms with Crippen LogP contribution < -0.4 is 5.32 Å². The van der Waals surface area contributed by atoms with E-state index < -0.39 is 11.9 Å². The first-order chi connectivity index (χ1) is 12.0. The van der Waals surface area contributed by atoms with Crippen molar-refractivity contribution in [2.24, 2.45) is 0 Å². The molecule has 1 aliphatic rings. The van der Waals surface area contributed by atoms with Gasteiger partial charge in [-0.05, 0) is 67.8 Å². The molecule has 0 saturated carbocycles. The summed E-state index contributed by atoms with van der Waals surface area (Å²) in [7, 11) is 0. The van der Waals surface area contributed by atoms with Crippen molar-refractivity contribution in [3.63, 3.8) is 0 Å². The lowest BCUT2D eigenvalue weighted by Gasteiger charge is -2.24. The molecule has 2 aromatic rings. The van der Waals surface area contributed by atoms with Gasteiger partial charge in [0.15, 0.2) is 0 Å². The Hall–Kier alpha value is -2.76. The Labute approximate surface area is 144 Å². The maximum Gasteiger partial charge on any atom is 0.254 e. The van der Waals surface area contributed by atoms with Crippen molar-refractivity contribution < 1.29 is 18.4 Å². The van der Waals surface area contributed by atoms with Gasteiger partial charge in [-0.1, -0.05) is 0 Å². The van der Waals surface area contributed by atoms with Crippen molar-refractivity contribution in [3.8, 4) is 0 Å². The predicted molar refractivity (Wildman–Crippen MR) is 90.2 cm³/mol. The summed E-state index contributed by atoms with van der Waals surface area (Å²) in [4.78, 5) is 26.7. The zero-order valence-corrected chi connectivity index (χ0v) is 13.8. The quantitative estimate of drug-likeness (QED) is 0.926. The molecular weight excluding hydrogens is 326 g/mol. The summed E-state index contributed by atoms with van der Waals surface area (Å²) in [5, 5.41) is 2.77. The van der Waals surface area contributed by atoms with Crippen LogP contribution in [0, 0.1) is 18.6 Å². The van der Waals surface area contributed by atoms with Gasteiger partial charge in [-0.15, -0.1) is 0 Å². The van der Waals surface area contributed by atoms with Crippen molar-refractivity contribution >= 4 is 17.5 Å². The largest absolute Gasteiger partial charge is 0.327 e. The monoisotopic (exact) mass is 344 g/mol. The summed E-state index contributed by atoms with van der Waals surface area (Å²) in [6.45, 7) is 2.17. The third kappa shape index (κ3) is 3.68. The van der Waals surface area contributed by atoms with Crippen LogP contribution >= 0.6 is 0 Å². The molecule has 130 valence electrons. The number of hydrogen-bond acceptors (Lipinski definition) is 2. The Morgan fingerprint density at radius 2 is 1.76 bits per heavy atom. The fourth-order valence-electron chi connectivity index (χ4n) is 3.02. The molecule has 2 amide bonds. The number of rotatable bonds is 3. The summed E-state index contributed by atoms with van der Waals surface area (Å²) in [6, 6.07) is 8.79. The third-order valence-electron chi connectivity index (χ3n) is 4.35. The molecule has 0 spiro atoms. The van der Waals surface area contributed by atoms with E-state index in [0.29, 0.717) is 36.2 Å². The Morgan fingerprint density at radius 1 is 1.08 bits per heavy atom. The molecule has 0 aliphatic carbocycles. The lowest BCUT2D eigenvalue weighted by atomic mass is 10.1. The van der Waals surface area contributed by atoms with Crippen molar-refractivity contribution in [2.45, 2.75) is 25.8 Å². The molecule has 1 unspecified atom stereocenters. The lowest BCUT2D eigenvalue weighted by molar-refractivity contribution is -0.119. The summed E-state index contributed by atoms with van der Waals surface area (Å²) in [5.41, 5.74) is 1.48. The smallest absolute Gasteiger partial charge is 0.254 e. The molecule has 1 N–H and O–H groups in total. The average Bonchev–Trinajstić information content (AvgIpc) is 3.07. The van der Waals surface area contributed by atoms with Gasteiger partial charge >= 0.3 is 0 Å². The molecule has 0 aromatic heterocycles. The first kappa shape index (κ1) is 17.1. The van der Waals surface area contributed by atoms with Crippen LogP contribution in [0.3, 0.4) is 0 Å². The first-order valence-corrected chi connectivity index (χ1v) is 8.09. The van der Waals surface area contributed by atoms with E-state index >= 15 is 0 Å². The molecule has 25 heavy (non-hydrogen) atoms. The molecule has 3 rings (SSSR count). The number of nitrogens with zero attached hydrogens (tertiary/aromatic N) is 1. The molecule has 6 heteroatoms. The minimum absolute atomic E-state index is 0.298. The van der Waals surface area contributed by atoms with Gasteiger partial charge in [-0.2, -0.15) is 0 Å². The third-order valence-corrected chi connectivity index (χ3v) is 4.35. The number of carbonyl (C=O) groups excluding carboxylic acids is 2. The molecule has 0 radical (unpaired) electrons. The van der Waals surface area contributed by atoms with Crippen LogP contribution in [0.1, 0.15) is 28.8 Å². The van der Waals surface area contributed by atoms with Crippen molar-refractivity contribution in [1.29, 1.82) is 0 Å². The molecular formula is C19H18F2N2O2. The highest BCUT2D eigenvalue weighted by Crippen LogP contribution is 2.23. The Balaban J connectivity index is 1.75. The number of amides is 2. The Morgan fingerprint density at radius 3 is 2.44 bits per heavy atom. The second-order valence-corrected chi connectivity index (χ2v) is 6.11. The number of benzene rings is 2. The summed E-state index contributed by atoms with van der Waals surface area (Å²) < 4.78 is 26.2. The topological polar surface area (TPSA) is 49.4 Å². The molecule has 1 saturated heterocycles. The Bertz CT molecular complexity index is 806. The molecule has 1 atom stereocenters. The van der Waals surface area contributed by atoms with E-state index in [0.717, 1.165) is 0 Å². The Kier molecular flexibility index (Phi) is 4.79. The standard InChI is InChI=1S/C19H18F2N2O2/c1-12-11-15(21)8-9-16(12)22-18(24)17-3-2-10-23(17)19(25)13-4-6-14(20)7-5-13/h4-9,11,17H,2-3,10H2,1H3,(H,22,24). The number of likely N-dealkylation sites (tertiary alicyclic amines) is 1. The van der Waals surface area contributed by atoms with Gasteiger partial charge in [-0.25, -0.2) is 8.78 Å². The number of halogens is 2. The van der Waals surface area contributed by atoms with Crippen LogP contribution in [0.15, 0.2) is 42.5 Å². The van der Waals surface area contributed by atoms with E-state index in [1.807, 2.05) is 0 Å². The summed E-state index contributed by atoms with van der Waals surface area (Å²) in [6.07, 6.45) is 1.27. The second kappa shape index (κ2) is 7.01. The number of anilines is 1. The fraction of sp³-hybridized carbons (Fsp3) is 0.263. The van der Waals surface area contributed by atoms with E-state index in [1.54, 1.807) is 6.92 Å². The molecule has 1 aliphatic heterocycles. The van der Waals surface area contributed by atoms with E-state index in [4.69, 9.17) is 0 Å². The van der Waals surface area contributed by atoms with E-state index in [1.165, 1.54) is 47.4 Å². The number of aryl methyl sites for hydroxylation is 1. The van der Waals surface area contributed by atoms with Crippen LogP contribution in [0.25, 0.3) is 0 Å². The summed E-state index contributed by atoms with van der Waals surface area (Å²) in [5.74, 6) is -1.39. The molecule has 2 aromatic carbocycles. The maximum atomic E-state index is 13.2. The van der Waals surface area contributed by atoms with Gasteiger partial charge in [0.1, 0.15) is 17.7 Å². The zero-order valence-electron chi connectivity index (χ0n) is 13.8. The highest BCUT2D eigenvalue weighted by atomic mass is 19.1. The van der Waals surface area contributed by atoms with E-state index in [-0.39, 0.29) is 17.6 Å². The van der Waals surface area contributed by atoms with Crippen molar-refractivity contribution in [1.82, 2.24) is 4.90 Å². The first-order valence-electron chi connectivity index (χ1n) is 8.09. The molecule has 1 fully saturated rings. The summed E-state index contributed by atoms with van der Waals surface area (Å²) >= 11 is 0. The van der Waals surface area contributed by atoms with Gasteiger partial charge < -0.3 is 10.2 Å². The van der Waals surface area contributed by atoms with Gasteiger partial charge in [0.25, 0.3) is 5.91 Å². The maximum absolute atomic E-state index is 13.2. The molecule has 1 heterocycles. The van der Waals surface area contributed by atoms with E-state index in [9.17, 15) is 18.4 Å². The highest BCUT2D eigenvalue weighted by Gasteiger charge is 2.34. The van der Waals surface area contributed by atoms with Crippen LogP contribution in [0.2, 0.25) is 0 Å². The lowest BCUT2D eigenvalue weighted by Crippen LogP contribution is -2.43. The minimum Gasteiger partial charge on any atom is -0.327 e. The molecule has 4 nitrogen and oxygen atoms in total. The van der Waals surface area contributed by atoms with Crippen molar-refractivity contribution in [3.05, 3.63) is 65.2 Å². The van der Waals surface area contributed by atoms with E-state index in [2.05, 4.69) is 5.32 Å². The van der Waals surface area contributed by atoms with Gasteiger partial charge in [-0.3, -0.25) is 9.59 Å². The van der Waals surface area contributed by atoms with Crippen LogP contribution in [-0.4, -0.2) is 29.3 Å². The second-order valence-electron chi connectivity index (χ2n) is 6.11. The van der Waals surface area contributed by atoms with Crippen LogP contribution in [-0.2, 0) is 4.79 Å². The van der Waals surface area contributed by atoms with Crippen LogP contribution in [0.4, 0.5) is 14.5 Å². The number of hydrogen-bond donors (Lipinski definition) is 1. The number of nitrogens with one attached hydrogen (secondary N) is 1. The number of carbonyl (C=O) groups is 2. The highest BCUT2D eigenvalue weighted by molar-refractivity contribution is 6.01. The predicted octanol–water partition coefficient (Wildman–Crippen LogP) is 3.52. The van der Waals surface area contributed by atoms with Crippen molar-refractivity contribution in [2.75, 3.05) is 11.9 Å². The fourth-order valence-corrected chi connectivity index (χ4v) is 3.02. The zero-order chi connectivity index (χ0) is 18.0. The van der Waals surface area contributed by atoms with Gasteiger partial charge in [0.05, 0.1) is 0 Å².